The van der Waals surface area contributed by atoms with Crippen LogP contribution in [0.3, 0.4) is 0 Å². The standard InChI is InChI=1S/C13H14F2N2O3/c1-3-4-17(7-12(18)19)13(20)16-11-6-9(14)8(2)5-10(11)15/h3,5-6H,1,4,7H2,2H3,(H,16,20)(H,18,19). The third-order valence-corrected chi connectivity index (χ3v) is 2.45. The van der Waals surface area contributed by atoms with Gasteiger partial charge in [-0.05, 0) is 18.6 Å². The van der Waals surface area contributed by atoms with Crippen LogP contribution in [0.25, 0.3) is 0 Å². The summed E-state index contributed by atoms with van der Waals surface area (Å²) in [5, 5.41) is 10.8. The first-order valence-corrected chi connectivity index (χ1v) is 5.69. The molecule has 0 aromatic heterocycles. The Morgan fingerprint density at radius 2 is 2.05 bits per heavy atom. The second-order valence-electron chi connectivity index (χ2n) is 4.07. The number of nitrogens with zero attached hydrogens (tertiary/aromatic N) is 1. The van der Waals surface area contributed by atoms with Crippen molar-refractivity contribution in [3.8, 4) is 0 Å². The van der Waals surface area contributed by atoms with Gasteiger partial charge in [0.25, 0.3) is 0 Å². The predicted molar refractivity (Wildman–Crippen MR) is 69.5 cm³/mol. The van der Waals surface area contributed by atoms with Crippen LogP contribution in [0, 0.1) is 18.6 Å². The number of carbonyl (C=O) groups is 2. The molecular weight excluding hydrogens is 270 g/mol. The van der Waals surface area contributed by atoms with Crippen molar-refractivity contribution in [2.24, 2.45) is 0 Å². The molecule has 7 heteroatoms. The number of halogens is 2. The highest BCUT2D eigenvalue weighted by molar-refractivity contribution is 5.91. The third kappa shape index (κ3) is 4.04. The Balaban J connectivity index is 2.90. The smallest absolute Gasteiger partial charge is 0.323 e. The van der Waals surface area contributed by atoms with E-state index in [4.69, 9.17) is 5.11 Å². The van der Waals surface area contributed by atoms with Crippen LogP contribution in [0.1, 0.15) is 5.56 Å². The highest BCUT2D eigenvalue weighted by atomic mass is 19.1. The van der Waals surface area contributed by atoms with E-state index in [2.05, 4.69) is 11.9 Å². The molecule has 1 rings (SSSR count). The Kier molecular flexibility index (Phi) is 5.19. The van der Waals surface area contributed by atoms with E-state index in [1.807, 2.05) is 0 Å². The Morgan fingerprint density at radius 1 is 1.40 bits per heavy atom. The number of aliphatic carboxylic acids is 1. The van der Waals surface area contributed by atoms with Gasteiger partial charge in [-0.1, -0.05) is 6.08 Å². The first-order valence-electron chi connectivity index (χ1n) is 5.69. The first kappa shape index (κ1) is 15.6. The van der Waals surface area contributed by atoms with Gasteiger partial charge in [0.2, 0.25) is 0 Å². The van der Waals surface area contributed by atoms with Crippen LogP contribution in [0.4, 0.5) is 19.3 Å². The fourth-order valence-corrected chi connectivity index (χ4v) is 1.47. The van der Waals surface area contributed by atoms with Gasteiger partial charge >= 0.3 is 12.0 Å². The number of aryl methyl sites for hydroxylation is 1. The highest BCUT2D eigenvalue weighted by Gasteiger charge is 2.17. The number of carboxylic acid groups (broad SMARTS) is 1. The summed E-state index contributed by atoms with van der Waals surface area (Å²) >= 11 is 0. The van der Waals surface area contributed by atoms with Gasteiger partial charge in [-0.3, -0.25) is 4.79 Å². The quantitative estimate of drug-likeness (QED) is 0.816. The molecule has 2 N–H and O–H groups in total. The molecule has 0 aliphatic carbocycles. The number of urea groups is 1. The zero-order valence-electron chi connectivity index (χ0n) is 10.8. The van der Waals surface area contributed by atoms with Crippen molar-refractivity contribution in [2.45, 2.75) is 6.92 Å². The number of carboxylic acids is 1. The molecule has 0 radical (unpaired) electrons. The zero-order chi connectivity index (χ0) is 15.3. The van der Waals surface area contributed by atoms with Crippen molar-refractivity contribution in [2.75, 3.05) is 18.4 Å². The summed E-state index contributed by atoms with van der Waals surface area (Å²) in [6.07, 6.45) is 1.33. The van der Waals surface area contributed by atoms with E-state index >= 15 is 0 Å². The monoisotopic (exact) mass is 284 g/mol. The molecule has 0 bridgehead atoms. The molecule has 2 amide bonds. The van der Waals surface area contributed by atoms with E-state index in [0.29, 0.717) is 0 Å². The normalized spacial score (nSPS) is 9.95. The summed E-state index contributed by atoms with van der Waals surface area (Å²) in [5.74, 6) is -2.70. The van der Waals surface area contributed by atoms with E-state index in [1.165, 1.54) is 13.0 Å². The van der Waals surface area contributed by atoms with Crippen molar-refractivity contribution in [3.63, 3.8) is 0 Å². The Hall–Kier alpha value is -2.44. The van der Waals surface area contributed by atoms with Gasteiger partial charge in [0.15, 0.2) is 0 Å². The average Bonchev–Trinajstić information content (AvgIpc) is 2.34. The number of nitrogens with one attached hydrogen (secondary N) is 1. The molecule has 0 aliphatic rings. The number of anilines is 1. The summed E-state index contributed by atoms with van der Waals surface area (Å²) in [4.78, 5) is 23.3. The van der Waals surface area contributed by atoms with Gasteiger partial charge < -0.3 is 15.3 Å². The van der Waals surface area contributed by atoms with Crippen LogP contribution >= 0.6 is 0 Å². The van der Waals surface area contributed by atoms with Gasteiger partial charge in [-0.15, -0.1) is 6.58 Å². The summed E-state index contributed by atoms with van der Waals surface area (Å²) in [5.41, 5.74) is -0.244. The maximum atomic E-state index is 13.6. The molecule has 1 aromatic rings. The summed E-state index contributed by atoms with van der Waals surface area (Å²) < 4.78 is 26.9. The van der Waals surface area contributed by atoms with Crippen molar-refractivity contribution >= 4 is 17.7 Å². The fourth-order valence-electron chi connectivity index (χ4n) is 1.47. The minimum atomic E-state index is -1.22. The number of benzene rings is 1. The molecule has 0 atom stereocenters. The number of carbonyl (C=O) groups excluding carboxylic acids is 1. The molecule has 0 heterocycles. The van der Waals surface area contributed by atoms with Gasteiger partial charge in [-0.2, -0.15) is 0 Å². The lowest BCUT2D eigenvalue weighted by Gasteiger charge is -2.19. The van der Waals surface area contributed by atoms with Crippen LogP contribution in [-0.4, -0.2) is 35.1 Å². The molecular formula is C13H14F2N2O3. The highest BCUT2D eigenvalue weighted by Crippen LogP contribution is 2.19. The number of rotatable bonds is 5. The maximum absolute atomic E-state index is 13.6. The largest absolute Gasteiger partial charge is 0.480 e. The zero-order valence-corrected chi connectivity index (χ0v) is 10.8. The third-order valence-electron chi connectivity index (χ3n) is 2.45. The van der Waals surface area contributed by atoms with Gasteiger partial charge in [0.05, 0.1) is 5.69 Å². The van der Waals surface area contributed by atoms with Crippen LogP contribution in [0.2, 0.25) is 0 Å². The van der Waals surface area contributed by atoms with Gasteiger partial charge in [0, 0.05) is 12.6 Å². The van der Waals surface area contributed by atoms with Crippen LogP contribution in [0.15, 0.2) is 24.8 Å². The lowest BCUT2D eigenvalue weighted by atomic mass is 10.2. The molecule has 108 valence electrons. The summed E-state index contributed by atoms with van der Waals surface area (Å²) in [6, 6.07) is 0.935. The second kappa shape index (κ2) is 6.65. The van der Waals surface area contributed by atoms with E-state index in [1.54, 1.807) is 0 Å². The molecule has 0 saturated carbocycles. The second-order valence-corrected chi connectivity index (χ2v) is 4.07. The van der Waals surface area contributed by atoms with E-state index in [9.17, 15) is 18.4 Å². The lowest BCUT2D eigenvalue weighted by molar-refractivity contribution is -0.137. The molecule has 0 saturated heterocycles. The minimum absolute atomic E-state index is 0.0336. The maximum Gasteiger partial charge on any atom is 0.323 e. The molecule has 0 unspecified atom stereocenters. The van der Waals surface area contributed by atoms with E-state index in [-0.39, 0.29) is 17.8 Å². The Bertz CT molecular complexity index is 547. The van der Waals surface area contributed by atoms with E-state index < -0.39 is 30.2 Å². The van der Waals surface area contributed by atoms with Crippen LogP contribution in [0.5, 0.6) is 0 Å². The first-order chi connectivity index (χ1) is 9.35. The summed E-state index contributed by atoms with van der Waals surface area (Å²) in [6.45, 7) is 4.17. The Labute approximate surface area is 114 Å². The number of hydrogen-bond acceptors (Lipinski definition) is 2. The molecule has 20 heavy (non-hydrogen) atoms. The van der Waals surface area contributed by atoms with Gasteiger partial charge in [-0.25, -0.2) is 13.6 Å². The SMILES string of the molecule is C=CCN(CC(=O)O)C(=O)Nc1cc(F)c(C)cc1F. The van der Waals surface area contributed by atoms with Crippen LogP contribution < -0.4 is 5.32 Å². The fraction of sp³-hybridized carbons (Fsp3) is 0.231. The van der Waals surface area contributed by atoms with Gasteiger partial charge in [0.1, 0.15) is 18.2 Å². The topological polar surface area (TPSA) is 69.6 Å². The molecule has 1 aromatic carbocycles. The molecule has 0 spiro atoms. The number of amides is 2. The predicted octanol–water partition coefficient (Wildman–Crippen LogP) is 2.38. The summed E-state index contributed by atoms with van der Waals surface area (Å²) in [7, 11) is 0. The lowest BCUT2D eigenvalue weighted by Crippen LogP contribution is -2.39. The molecule has 5 nitrogen and oxygen atoms in total. The molecule has 0 fully saturated rings. The molecule has 0 aliphatic heterocycles. The minimum Gasteiger partial charge on any atom is -0.480 e. The number of hydrogen-bond donors (Lipinski definition) is 2. The van der Waals surface area contributed by atoms with Crippen molar-refractivity contribution in [3.05, 3.63) is 42.0 Å². The van der Waals surface area contributed by atoms with Crippen molar-refractivity contribution in [1.82, 2.24) is 4.90 Å². The average molecular weight is 284 g/mol. The van der Waals surface area contributed by atoms with Crippen molar-refractivity contribution < 1.29 is 23.5 Å². The van der Waals surface area contributed by atoms with E-state index in [0.717, 1.165) is 17.0 Å². The Morgan fingerprint density at radius 3 is 2.60 bits per heavy atom. The van der Waals surface area contributed by atoms with Crippen molar-refractivity contribution in [1.29, 1.82) is 0 Å². The van der Waals surface area contributed by atoms with Crippen LogP contribution in [-0.2, 0) is 4.79 Å².